The van der Waals surface area contributed by atoms with Crippen molar-refractivity contribution in [2.24, 2.45) is 0 Å². The van der Waals surface area contributed by atoms with Gasteiger partial charge in [0, 0.05) is 29.2 Å². The maximum absolute atomic E-state index is 4.25. The second kappa shape index (κ2) is 5.48. The van der Waals surface area contributed by atoms with E-state index in [0.717, 1.165) is 24.2 Å². The van der Waals surface area contributed by atoms with E-state index >= 15 is 0 Å². The van der Waals surface area contributed by atoms with Crippen molar-refractivity contribution in [1.82, 2.24) is 20.0 Å². The van der Waals surface area contributed by atoms with Crippen LogP contribution in [0.3, 0.4) is 0 Å². The lowest BCUT2D eigenvalue weighted by Gasteiger charge is -1.99. The van der Waals surface area contributed by atoms with E-state index in [0.29, 0.717) is 0 Å². The molecule has 0 spiro atoms. The molecule has 0 amide bonds. The minimum Gasteiger partial charge on any atom is -0.361 e. The molecule has 2 heterocycles. The maximum atomic E-state index is 4.25. The number of nitrogens with zero attached hydrogens (tertiary/aromatic N) is 3. The summed E-state index contributed by atoms with van der Waals surface area (Å²) in [5.41, 5.74) is 4.51. The molecule has 2 aromatic carbocycles. The van der Waals surface area contributed by atoms with Gasteiger partial charge in [-0.15, -0.1) is 5.10 Å². The molecule has 108 valence electrons. The smallest absolute Gasteiger partial charge is 0.113 e. The van der Waals surface area contributed by atoms with E-state index in [1.165, 1.54) is 16.5 Å². The largest absolute Gasteiger partial charge is 0.361 e. The van der Waals surface area contributed by atoms with Gasteiger partial charge in [0.2, 0.25) is 0 Å². The van der Waals surface area contributed by atoms with Crippen molar-refractivity contribution >= 4 is 10.9 Å². The summed E-state index contributed by atoms with van der Waals surface area (Å²) in [7, 11) is 0. The Hall–Kier alpha value is -2.88. The number of para-hydroxylation sites is 1. The Bertz CT molecular complexity index is 890. The van der Waals surface area contributed by atoms with Crippen LogP contribution in [0.5, 0.6) is 0 Å². The van der Waals surface area contributed by atoms with Crippen LogP contribution in [0.2, 0.25) is 0 Å². The van der Waals surface area contributed by atoms with Crippen molar-refractivity contribution in [1.29, 1.82) is 0 Å². The molecule has 0 atom stereocenters. The van der Waals surface area contributed by atoms with E-state index in [1.807, 2.05) is 47.3 Å². The lowest BCUT2D eigenvalue weighted by molar-refractivity contribution is 0.590. The number of aromatic amines is 1. The predicted molar refractivity (Wildman–Crippen MR) is 87.5 cm³/mol. The number of nitrogens with one attached hydrogen (secondary N) is 1. The van der Waals surface area contributed by atoms with Gasteiger partial charge in [-0.1, -0.05) is 53.7 Å². The van der Waals surface area contributed by atoms with Gasteiger partial charge in [0.05, 0.1) is 6.20 Å². The molecule has 22 heavy (non-hydrogen) atoms. The molecule has 0 aliphatic rings. The number of hydrogen-bond acceptors (Lipinski definition) is 2. The van der Waals surface area contributed by atoms with Gasteiger partial charge in [-0.05, 0) is 18.1 Å². The minimum absolute atomic E-state index is 0.821. The van der Waals surface area contributed by atoms with Crippen LogP contribution < -0.4 is 0 Å². The van der Waals surface area contributed by atoms with Crippen LogP contribution >= 0.6 is 0 Å². The van der Waals surface area contributed by atoms with Gasteiger partial charge in [-0.3, -0.25) is 4.68 Å². The number of fused-ring (bicyclic) bond motifs is 1. The monoisotopic (exact) mass is 288 g/mol. The second-order valence-corrected chi connectivity index (χ2v) is 5.34. The fourth-order valence-electron chi connectivity index (χ4n) is 2.72. The van der Waals surface area contributed by atoms with Crippen LogP contribution in [-0.2, 0) is 13.0 Å². The predicted octanol–water partition coefficient (Wildman–Crippen LogP) is 3.67. The maximum Gasteiger partial charge on any atom is 0.113 e. The van der Waals surface area contributed by atoms with E-state index in [1.54, 1.807) is 0 Å². The number of benzene rings is 2. The first-order valence-corrected chi connectivity index (χ1v) is 7.41. The molecule has 0 saturated heterocycles. The van der Waals surface area contributed by atoms with Crippen LogP contribution in [0.25, 0.3) is 22.2 Å². The Labute approximate surface area is 128 Å². The first kappa shape index (κ1) is 12.8. The van der Waals surface area contributed by atoms with E-state index < -0.39 is 0 Å². The number of H-pyrrole nitrogens is 1. The third kappa shape index (κ3) is 2.39. The minimum atomic E-state index is 0.821. The van der Waals surface area contributed by atoms with Gasteiger partial charge in [-0.2, -0.15) is 0 Å². The molecule has 0 bridgehead atoms. The van der Waals surface area contributed by atoms with Gasteiger partial charge in [0.1, 0.15) is 5.69 Å². The molecule has 4 nitrogen and oxygen atoms in total. The summed E-state index contributed by atoms with van der Waals surface area (Å²) in [6, 6.07) is 18.5. The number of aromatic nitrogens is 4. The van der Waals surface area contributed by atoms with Crippen LogP contribution in [0.4, 0.5) is 0 Å². The molecule has 4 heteroatoms. The summed E-state index contributed by atoms with van der Waals surface area (Å²) in [5.74, 6) is 0. The van der Waals surface area contributed by atoms with E-state index in [9.17, 15) is 0 Å². The summed E-state index contributed by atoms with van der Waals surface area (Å²) in [6.07, 6.45) is 5.02. The van der Waals surface area contributed by atoms with Crippen LogP contribution in [0.1, 0.15) is 5.56 Å². The third-order valence-corrected chi connectivity index (χ3v) is 3.89. The standard InChI is InChI=1S/C18H16N4/c1-2-6-14(7-3-1)18-13-22(21-20-18)11-10-15-12-19-17-9-5-4-8-16(15)17/h1-9,12-13,19H,10-11H2. The van der Waals surface area contributed by atoms with Crippen molar-refractivity contribution in [3.8, 4) is 11.3 Å². The number of aryl methyl sites for hydroxylation is 2. The highest BCUT2D eigenvalue weighted by atomic mass is 15.4. The molecular formula is C18H16N4. The molecule has 2 aromatic heterocycles. The van der Waals surface area contributed by atoms with Gasteiger partial charge < -0.3 is 4.98 Å². The summed E-state index contributed by atoms with van der Waals surface area (Å²) in [6.45, 7) is 0.821. The Morgan fingerprint density at radius 3 is 2.68 bits per heavy atom. The average Bonchev–Trinajstić information content (AvgIpc) is 3.21. The molecule has 0 fully saturated rings. The molecule has 0 radical (unpaired) electrons. The summed E-state index contributed by atoms with van der Waals surface area (Å²) >= 11 is 0. The van der Waals surface area contributed by atoms with Gasteiger partial charge in [-0.25, -0.2) is 0 Å². The van der Waals surface area contributed by atoms with Gasteiger partial charge in [0.15, 0.2) is 0 Å². The van der Waals surface area contributed by atoms with Crippen molar-refractivity contribution in [3.05, 3.63) is 72.6 Å². The topological polar surface area (TPSA) is 46.5 Å². The number of hydrogen-bond donors (Lipinski definition) is 1. The molecule has 4 aromatic rings. The van der Waals surface area contributed by atoms with Crippen molar-refractivity contribution < 1.29 is 0 Å². The molecule has 1 N–H and O–H groups in total. The van der Waals surface area contributed by atoms with Crippen LogP contribution in [-0.4, -0.2) is 20.0 Å². The average molecular weight is 288 g/mol. The second-order valence-electron chi connectivity index (χ2n) is 5.34. The summed E-state index contributed by atoms with van der Waals surface area (Å²) < 4.78 is 1.91. The Morgan fingerprint density at radius 2 is 1.77 bits per heavy atom. The van der Waals surface area contributed by atoms with Crippen molar-refractivity contribution in [3.63, 3.8) is 0 Å². The first-order chi connectivity index (χ1) is 10.9. The Kier molecular flexibility index (Phi) is 3.20. The fourth-order valence-corrected chi connectivity index (χ4v) is 2.72. The van der Waals surface area contributed by atoms with Crippen LogP contribution in [0.15, 0.2) is 67.0 Å². The van der Waals surface area contributed by atoms with E-state index in [2.05, 4.69) is 39.7 Å². The highest BCUT2D eigenvalue weighted by molar-refractivity contribution is 5.82. The zero-order valence-corrected chi connectivity index (χ0v) is 12.1. The normalized spacial score (nSPS) is 11.1. The first-order valence-electron chi connectivity index (χ1n) is 7.41. The van der Waals surface area contributed by atoms with Crippen molar-refractivity contribution in [2.45, 2.75) is 13.0 Å². The van der Waals surface area contributed by atoms with E-state index in [4.69, 9.17) is 0 Å². The summed E-state index contributed by atoms with van der Waals surface area (Å²) in [5, 5.41) is 9.77. The molecule has 0 aliphatic heterocycles. The summed E-state index contributed by atoms with van der Waals surface area (Å²) in [4.78, 5) is 3.31. The lowest BCUT2D eigenvalue weighted by Crippen LogP contribution is -2.01. The quantitative estimate of drug-likeness (QED) is 0.623. The Balaban J connectivity index is 1.52. The van der Waals surface area contributed by atoms with Gasteiger partial charge in [0.25, 0.3) is 0 Å². The molecule has 0 saturated carbocycles. The van der Waals surface area contributed by atoms with Gasteiger partial charge >= 0.3 is 0 Å². The zero-order valence-electron chi connectivity index (χ0n) is 12.1. The molecular weight excluding hydrogens is 272 g/mol. The zero-order chi connectivity index (χ0) is 14.8. The highest BCUT2D eigenvalue weighted by Gasteiger charge is 2.06. The highest BCUT2D eigenvalue weighted by Crippen LogP contribution is 2.19. The van der Waals surface area contributed by atoms with Crippen LogP contribution in [0, 0.1) is 0 Å². The van der Waals surface area contributed by atoms with E-state index in [-0.39, 0.29) is 0 Å². The third-order valence-electron chi connectivity index (χ3n) is 3.89. The molecule has 0 aliphatic carbocycles. The van der Waals surface area contributed by atoms with Crippen molar-refractivity contribution in [2.75, 3.05) is 0 Å². The Morgan fingerprint density at radius 1 is 0.955 bits per heavy atom. The number of rotatable bonds is 4. The molecule has 4 rings (SSSR count). The SMILES string of the molecule is c1ccc(-c2cn(CCc3c[nH]c4ccccc34)nn2)cc1. The molecule has 0 unspecified atom stereocenters. The lowest BCUT2D eigenvalue weighted by atomic mass is 10.1. The fraction of sp³-hybridized carbons (Fsp3) is 0.111.